The third-order valence-electron chi connectivity index (χ3n) is 13.0. The highest BCUT2D eigenvalue weighted by Gasteiger charge is 2.78. The lowest BCUT2D eigenvalue weighted by Crippen LogP contribution is -2.80. The molecule has 6 rings (SSSR count). The first kappa shape index (κ1) is 28.4. The number of esters is 2. The second-order valence-corrected chi connectivity index (χ2v) is 14.8. The van der Waals surface area contributed by atoms with Gasteiger partial charge < -0.3 is 24.8 Å². The van der Waals surface area contributed by atoms with Crippen molar-refractivity contribution in [3.63, 3.8) is 0 Å². The normalized spacial score (nSPS) is 46.1. The van der Waals surface area contributed by atoms with Gasteiger partial charge in [-0.1, -0.05) is 38.8 Å². The second kappa shape index (κ2) is 9.67. The number of aliphatic hydroxyl groups excluding tert-OH is 2. The SMILES string of the molecule is CC(=O)O[C@@H]1C[C@]2(C)C=C[C@@H](O)[C@@]3([C@H](O)CC[C@@](C)(C4CCC5(CCCC5)CC4)[C@H]13)[C@@]2(O)CCC1=CC(=O)OC1. The Morgan fingerprint density at radius 3 is 2.40 bits per heavy atom. The fourth-order valence-electron chi connectivity index (χ4n) is 11.1. The summed E-state index contributed by atoms with van der Waals surface area (Å²) in [4.78, 5) is 24.3. The Morgan fingerprint density at radius 1 is 1.07 bits per heavy atom. The number of carbonyl (C=O) groups is 2. The zero-order valence-electron chi connectivity index (χ0n) is 24.5. The maximum Gasteiger partial charge on any atom is 0.331 e. The van der Waals surface area contributed by atoms with Crippen molar-refractivity contribution in [3.05, 3.63) is 23.8 Å². The van der Waals surface area contributed by atoms with Gasteiger partial charge in [0, 0.05) is 24.3 Å². The first-order valence-corrected chi connectivity index (χ1v) is 15.7. The van der Waals surface area contributed by atoms with E-state index in [2.05, 4.69) is 6.92 Å². The Bertz CT molecular complexity index is 1100. The molecule has 0 radical (unpaired) electrons. The van der Waals surface area contributed by atoms with Crippen LogP contribution in [0.1, 0.15) is 104 Å². The molecule has 0 saturated heterocycles. The Balaban J connectivity index is 1.44. The summed E-state index contributed by atoms with van der Waals surface area (Å²) >= 11 is 0. The van der Waals surface area contributed by atoms with Crippen molar-refractivity contribution in [1.29, 1.82) is 0 Å². The van der Waals surface area contributed by atoms with Crippen LogP contribution in [0.2, 0.25) is 0 Å². The largest absolute Gasteiger partial charge is 0.462 e. The van der Waals surface area contributed by atoms with Gasteiger partial charge in [-0.2, -0.15) is 0 Å². The van der Waals surface area contributed by atoms with E-state index >= 15 is 0 Å². The van der Waals surface area contributed by atoms with Gasteiger partial charge in [0.15, 0.2) is 0 Å². The maximum atomic E-state index is 13.0. The van der Waals surface area contributed by atoms with Crippen LogP contribution in [0.5, 0.6) is 0 Å². The molecular weight excluding hydrogens is 508 g/mol. The van der Waals surface area contributed by atoms with E-state index in [-0.39, 0.29) is 30.4 Å². The lowest BCUT2D eigenvalue weighted by atomic mass is 9.33. The maximum absolute atomic E-state index is 13.0. The van der Waals surface area contributed by atoms with Gasteiger partial charge in [-0.15, -0.1) is 0 Å². The summed E-state index contributed by atoms with van der Waals surface area (Å²) in [6, 6.07) is 0. The van der Waals surface area contributed by atoms with E-state index in [1.807, 2.05) is 13.0 Å². The molecule has 7 heteroatoms. The smallest absolute Gasteiger partial charge is 0.331 e. The molecule has 222 valence electrons. The summed E-state index contributed by atoms with van der Waals surface area (Å²) in [5.41, 5.74) is -2.67. The van der Waals surface area contributed by atoms with E-state index in [0.717, 1.165) is 24.8 Å². The molecule has 2 spiro atoms. The minimum atomic E-state index is -1.48. The monoisotopic (exact) mass is 556 g/mol. The van der Waals surface area contributed by atoms with Crippen LogP contribution in [0.25, 0.3) is 0 Å². The van der Waals surface area contributed by atoms with Gasteiger partial charge in [0.05, 0.1) is 23.2 Å². The van der Waals surface area contributed by atoms with Gasteiger partial charge in [0.2, 0.25) is 0 Å². The molecule has 0 aromatic rings. The first-order valence-electron chi connectivity index (χ1n) is 15.7. The first-order chi connectivity index (χ1) is 18.9. The third-order valence-corrected chi connectivity index (χ3v) is 13.0. The van der Waals surface area contributed by atoms with Crippen LogP contribution in [-0.4, -0.2) is 57.8 Å². The van der Waals surface area contributed by atoms with Crippen LogP contribution in [-0.2, 0) is 19.1 Å². The van der Waals surface area contributed by atoms with Crippen LogP contribution < -0.4 is 0 Å². The lowest BCUT2D eigenvalue weighted by Gasteiger charge is -2.73. The van der Waals surface area contributed by atoms with Gasteiger partial charge in [-0.05, 0) is 93.0 Å². The highest BCUT2D eigenvalue weighted by atomic mass is 16.5. The Hall–Kier alpha value is -1.70. The number of fused-ring (bicyclic) bond motifs is 1. The molecule has 7 nitrogen and oxygen atoms in total. The molecule has 8 atom stereocenters. The number of hydrogen-bond acceptors (Lipinski definition) is 7. The summed E-state index contributed by atoms with van der Waals surface area (Å²) in [6.45, 7) is 5.90. The molecule has 6 aliphatic rings. The topological polar surface area (TPSA) is 113 Å². The Kier molecular flexibility index (Phi) is 6.87. The van der Waals surface area contributed by atoms with Crippen LogP contribution in [0.3, 0.4) is 0 Å². The fourth-order valence-corrected chi connectivity index (χ4v) is 11.1. The van der Waals surface area contributed by atoms with Crippen LogP contribution in [0.15, 0.2) is 23.8 Å². The number of hydrogen-bond donors (Lipinski definition) is 3. The molecule has 40 heavy (non-hydrogen) atoms. The summed E-state index contributed by atoms with van der Waals surface area (Å²) < 4.78 is 11.3. The highest BCUT2D eigenvalue weighted by molar-refractivity contribution is 5.85. The number of rotatable bonds is 5. The predicted molar refractivity (Wildman–Crippen MR) is 149 cm³/mol. The van der Waals surface area contributed by atoms with Crippen molar-refractivity contribution in [2.24, 2.45) is 33.5 Å². The average Bonchev–Trinajstić information content (AvgIpc) is 3.54. The number of ether oxygens (including phenoxy) is 2. The van der Waals surface area contributed by atoms with Crippen molar-refractivity contribution in [3.8, 4) is 0 Å². The average molecular weight is 557 g/mol. The minimum Gasteiger partial charge on any atom is -0.462 e. The van der Waals surface area contributed by atoms with Gasteiger partial charge >= 0.3 is 11.9 Å². The van der Waals surface area contributed by atoms with Crippen LogP contribution in [0, 0.1) is 33.5 Å². The zero-order valence-corrected chi connectivity index (χ0v) is 24.5. The van der Waals surface area contributed by atoms with E-state index in [0.29, 0.717) is 30.6 Å². The molecule has 0 unspecified atom stereocenters. The molecule has 5 aliphatic carbocycles. The van der Waals surface area contributed by atoms with E-state index in [9.17, 15) is 24.9 Å². The van der Waals surface area contributed by atoms with E-state index < -0.39 is 40.7 Å². The summed E-state index contributed by atoms with van der Waals surface area (Å²) in [5, 5.41) is 37.0. The molecule has 3 N–H and O–H groups in total. The van der Waals surface area contributed by atoms with E-state index in [1.165, 1.54) is 51.5 Å². The predicted octanol–water partition coefficient (Wildman–Crippen LogP) is 4.77. The summed E-state index contributed by atoms with van der Waals surface area (Å²) in [6.07, 6.45) is 14.8. The third kappa shape index (κ3) is 3.93. The van der Waals surface area contributed by atoms with Crippen molar-refractivity contribution in [2.45, 2.75) is 128 Å². The second-order valence-electron chi connectivity index (χ2n) is 14.8. The van der Waals surface area contributed by atoms with Crippen molar-refractivity contribution < 1.29 is 34.4 Å². The molecule has 1 aliphatic heterocycles. The fraction of sp³-hybridized carbons (Fsp3) is 0.818. The zero-order chi connectivity index (χ0) is 28.6. The molecule has 4 fully saturated rings. The van der Waals surface area contributed by atoms with Crippen molar-refractivity contribution in [1.82, 2.24) is 0 Å². The molecular formula is C33H48O7. The highest BCUT2D eigenvalue weighted by Crippen LogP contribution is 2.73. The van der Waals surface area contributed by atoms with Gasteiger partial charge in [0.1, 0.15) is 12.7 Å². The van der Waals surface area contributed by atoms with Gasteiger partial charge in [-0.3, -0.25) is 4.79 Å². The minimum absolute atomic E-state index is 0.209. The quantitative estimate of drug-likeness (QED) is 0.330. The number of carbonyl (C=O) groups excluding carboxylic acids is 2. The van der Waals surface area contributed by atoms with Crippen molar-refractivity contribution in [2.75, 3.05) is 6.61 Å². The Morgan fingerprint density at radius 2 is 1.77 bits per heavy atom. The van der Waals surface area contributed by atoms with E-state index in [1.54, 1.807) is 6.08 Å². The van der Waals surface area contributed by atoms with Gasteiger partial charge in [0.25, 0.3) is 0 Å². The number of aliphatic hydroxyl groups is 3. The van der Waals surface area contributed by atoms with Gasteiger partial charge in [-0.25, -0.2) is 4.79 Å². The van der Waals surface area contributed by atoms with Crippen LogP contribution in [0.4, 0.5) is 0 Å². The van der Waals surface area contributed by atoms with Crippen molar-refractivity contribution >= 4 is 11.9 Å². The molecule has 0 aromatic heterocycles. The molecule has 0 amide bonds. The molecule has 0 aromatic carbocycles. The van der Waals surface area contributed by atoms with Crippen LogP contribution >= 0.6 is 0 Å². The summed E-state index contributed by atoms with van der Waals surface area (Å²) in [7, 11) is 0. The van der Waals surface area contributed by atoms with E-state index in [4.69, 9.17) is 9.47 Å². The standard InChI is InChI=1S/C33H48O7/c1-21(34)40-24-19-29(2)13-9-25(35)33(32(29,38)17-6-22-18-27(37)39-20-22)26(36)10-14-30(3,28(24)33)23-7-15-31(16-8-23)11-4-5-12-31/h9,13,18,23-26,28,35-36,38H,4-8,10-12,14-17,19-20H2,1-3H3/t24-,25-,26-,28+,29+,30+,32-,33+/m1/s1. The molecule has 1 heterocycles. The summed E-state index contributed by atoms with van der Waals surface area (Å²) in [5.74, 6) is -0.788. The molecule has 2 bridgehead atoms. The molecule has 4 saturated carbocycles. The Labute approximate surface area is 238 Å². The lowest BCUT2D eigenvalue weighted by molar-refractivity contribution is -0.338. The number of cyclic esters (lactones) is 1.